The largest absolute Gasteiger partial charge is 0.349 e. The summed E-state index contributed by atoms with van der Waals surface area (Å²) in [5.74, 6) is 0.675. The van der Waals surface area contributed by atoms with Crippen molar-refractivity contribution >= 4 is 5.91 Å². The van der Waals surface area contributed by atoms with Gasteiger partial charge in [0.15, 0.2) is 0 Å². The van der Waals surface area contributed by atoms with E-state index in [1.807, 2.05) is 60.7 Å². The molecule has 2 N–H and O–H groups in total. The summed E-state index contributed by atoms with van der Waals surface area (Å²) in [4.78, 5) is 20.2. The standard InChI is InChI=1S/C22H21N5O/c28-22(19-14-25-27(16-19)15-17-7-3-1-4-8-17)26-20(13-21-23-11-12-24-21)18-9-5-2-6-10-18/h1-12,14,16,20H,13,15H2,(H,23,24)(H,26,28)/t20-/m1/s1. The molecule has 0 radical (unpaired) electrons. The molecule has 4 rings (SSSR count). The Morgan fingerprint density at radius 2 is 1.82 bits per heavy atom. The van der Waals surface area contributed by atoms with Crippen molar-refractivity contribution in [2.45, 2.75) is 19.0 Å². The molecule has 0 saturated heterocycles. The van der Waals surface area contributed by atoms with Gasteiger partial charge in [0.1, 0.15) is 5.82 Å². The highest BCUT2D eigenvalue weighted by molar-refractivity contribution is 5.94. The van der Waals surface area contributed by atoms with Gasteiger partial charge in [-0.1, -0.05) is 60.7 Å². The molecular formula is C22H21N5O. The zero-order valence-electron chi connectivity index (χ0n) is 15.3. The molecule has 0 saturated carbocycles. The third-order valence-corrected chi connectivity index (χ3v) is 4.54. The van der Waals surface area contributed by atoms with Gasteiger partial charge in [-0.25, -0.2) is 4.98 Å². The van der Waals surface area contributed by atoms with Crippen LogP contribution in [0.5, 0.6) is 0 Å². The molecule has 0 unspecified atom stereocenters. The van der Waals surface area contributed by atoms with Crippen LogP contribution in [0.15, 0.2) is 85.5 Å². The number of benzene rings is 2. The molecule has 2 heterocycles. The maximum atomic E-state index is 12.8. The first-order valence-corrected chi connectivity index (χ1v) is 9.18. The van der Waals surface area contributed by atoms with Crippen molar-refractivity contribution in [3.8, 4) is 0 Å². The Labute approximate surface area is 163 Å². The van der Waals surface area contributed by atoms with Crippen LogP contribution in [0.1, 0.15) is 33.4 Å². The van der Waals surface area contributed by atoms with E-state index >= 15 is 0 Å². The van der Waals surface area contributed by atoms with Gasteiger partial charge in [-0.3, -0.25) is 9.48 Å². The molecule has 28 heavy (non-hydrogen) atoms. The first-order chi connectivity index (χ1) is 13.8. The monoisotopic (exact) mass is 371 g/mol. The van der Waals surface area contributed by atoms with Crippen LogP contribution < -0.4 is 5.32 Å². The second kappa shape index (κ2) is 8.35. The lowest BCUT2D eigenvalue weighted by Gasteiger charge is -2.18. The number of imidazole rings is 1. The third kappa shape index (κ3) is 4.35. The summed E-state index contributed by atoms with van der Waals surface area (Å²) in [5.41, 5.74) is 2.71. The number of H-pyrrole nitrogens is 1. The number of aromatic amines is 1. The molecule has 2 aromatic heterocycles. The van der Waals surface area contributed by atoms with Gasteiger partial charge >= 0.3 is 0 Å². The molecule has 4 aromatic rings. The number of hydrogen-bond acceptors (Lipinski definition) is 3. The van der Waals surface area contributed by atoms with E-state index in [2.05, 4.69) is 20.4 Å². The average Bonchev–Trinajstić information content (AvgIpc) is 3.41. The first-order valence-electron chi connectivity index (χ1n) is 9.18. The Kier molecular flexibility index (Phi) is 5.29. The zero-order valence-corrected chi connectivity index (χ0v) is 15.3. The van der Waals surface area contributed by atoms with Gasteiger partial charge < -0.3 is 10.3 Å². The molecule has 0 aliphatic rings. The van der Waals surface area contributed by atoms with E-state index in [-0.39, 0.29) is 11.9 Å². The van der Waals surface area contributed by atoms with Gasteiger partial charge in [0.25, 0.3) is 5.91 Å². The van der Waals surface area contributed by atoms with E-state index in [4.69, 9.17) is 0 Å². The number of nitrogens with one attached hydrogen (secondary N) is 2. The Hall–Kier alpha value is -3.67. The molecular weight excluding hydrogens is 350 g/mol. The van der Waals surface area contributed by atoms with Crippen LogP contribution in [-0.4, -0.2) is 25.7 Å². The molecule has 1 amide bonds. The number of aromatic nitrogens is 4. The number of carbonyl (C=O) groups is 1. The van der Waals surface area contributed by atoms with Crippen LogP contribution in [0.2, 0.25) is 0 Å². The fraction of sp³-hybridized carbons (Fsp3) is 0.136. The SMILES string of the molecule is O=C(N[C@H](Cc1ncc[nH]1)c1ccccc1)c1cnn(Cc2ccccc2)c1. The Bertz CT molecular complexity index is 1010. The second-order valence-corrected chi connectivity index (χ2v) is 6.59. The fourth-order valence-corrected chi connectivity index (χ4v) is 3.12. The lowest BCUT2D eigenvalue weighted by atomic mass is 10.0. The lowest BCUT2D eigenvalue weighted by Crippen LogP contribution is -2.30. The van der Waals surface area contributed by atoms with Crippen LogP contribution >= 0.6 is 0 Å². The minimum absolute atomic E-state index is 0.153. The molecule has 0 aliphatic carbocycles. The minimum atomic E-state index is -0.183. The smallest absolute Gasteiger partial charge is 0.254 e. The molecule has 1 atom stereocenters. The third-order valence-electron chi connectivity index (χ3n) is 4.54. The predicted molar refractivity (Wildman–Crippen MR) is 107 cm³/mol. The fourth-order valence-electron chi connectivity index (χ4n) is 3.12. The summed E-state index contributed by atoms with van der Waals surface area (Å²) in [6.07, 6.45) is 7.46. The van der Waals surface area contributed by atoms with Crippen molar-refractivity contribution in [2.75, 3.05) is 0 Å². The van der Waals surface area contributed by atoms with Crippen molar-refractivity contribution in [1.82, 2.24) is 25.1 Å². The van der Waals surface area contributed by atoms with Gasteiger partial charge in [-0.2, -0.15) is 5.10 Å². The van der Waals surface area contributed by atoms with Gasteiger partial charge in [0, 0.05) is 25.0 Å². The Morgan fingerprint density at radius 1 is 1.07 bits per heavy atom. The predicted octanol–water partition coefficient (Wildman–Crippen LogP) is 3.37. The minimum Gasteiger partial charge on any atom is -0.349 e. The van der Waals surface area contributed by atoms with E-state index < -0.39 is 0 Å². The van der Waals surface area contributed by atoms with Gasteiger partial charge in [0.05, 0.1) is 24.3 Å². The summed E-state index contributed by atoms with van der Waals surface area (Å²) in [7, 11) is 0. The highest BCUT2D eigenvalue weighted by atomic mass is 16.1. The van der Waals surface area contributed by atoms with Crippen molar-refractivity contribution in [1.29, 1.82) is 0 Å². The number of rotatable bonds is 7. The normalized spacial score (nSPS) is 11.9. The number of nitrogens with zero attached hydrogens (tertiary/aromatic N) is 3. The van der Waals surface area contributed by atoms with Crippen LogP contribution in [-0.2, 0) is 13.0 Å². The van der Waals surface area contributed by atoms with Crippen molar-refractivity contribution in [2.24, 2.45) is 0 Å². The molecule has 0 aliphatic heterocycles. The topological polar surface area (TPSA) is 75.6 Å². The summed E-state index contributed by atoms with van der Waals surface area (Å²) < 4.78 is 1.77. The van der Waals surface area contributed by atoms with Crippen LogP contribution in [0.4, 0.5) is 0 Å². The van der Waals surface area contributed by atoms with E-state index in [1.54, 1.807) is 29.5 Å². The average molecular weight is 371 g/mol. The molecule has 0 bridgehead atoms. The van der Waals surface area contributed by atoms with Crippen LogP contribution in [0.3, 0.4) is 0 Å². The van der Waals surface area contributed by atoms with Crippen molar-refractivity contribution in [3.63, 3.8) is 0 Å². The Balaban J connectivity index is 1.48. The molecule has 140 valence electrons. The number of amides is 1. The van der Waals surface area contributed by atoms with Crippen molar-refractivity contribution in [3.05, 3.63) is 108 Å². The molecule has 6 nitrogen and oxygen atoms in total. The Morgan fingerprint density at radius 3 is 2.54 bits per heavy atom. The van der Waals surface area contributed by atoms with Crippen LogP contribution in [0.25, 0.3) is 0 Å². The van der Waals surface area contributed by atoms with E-state index in [1.165, 1.54) is 0 Å². The van der Waals surface area contributed by atoms with Crippen LogP contribution in [0, 0.1) is 0 Å². The summed E-state index contributed by atoms with van der Waals surface area (Å²) in [6.45, 7) is 0.628. The zero-order chi connectivity index (χ0) is 19.2. The maximum absolute atomic E-state index is 12.8. The lowest BCUT2D eigenvalue weighted by molar-refractivity contribution is 0.0936. The number of carbonyl (C=O) groups excluding carboxylic acids is 1. The van der Waals surface area contributed by atoms with Crippen molar-refractivity contribution < 1.29 is 4.79 Å². The molecule has 6 heteroatoms. The van der Waals surface area contributed by atoms with E-state index in [9.17, 15) is 4.79 Å². The first kappa shape index (κ1) is 17.7. The summed E-state index contributed by atoms with van der Waals surface area (Å²) >= 11 is 0. The van der Waals surface area contributed by atoms with Gasteiger partial charge in [-0.15, -0.1) is 0 Å². The second-order valence-electron chi connectivity index (χ2n) is 6.59. The summed E-state index contributed by atoms with van der Waals surface area (Å²) in [5, 5.41) is 7.44. The quantitative estimate of drug-likeness (QED) is 0.523. The van der Waals surface area contributed by atoms with E-state index in [0.29, 0.717) is 18.5 Å². The maximum Gasteiger partial charge on any atom is 0.254 e. The van der Waals surface area contributed by atoms with Gasteiger partial charge in [-0.05, 0) is 11.1 Å². The highest BCUT2D eigenvalue weighted by Gasteiger charge is 2.18. The molecule has 0 spiro atoms. The van der Waals surface area contributed by atoms with Gasteiger partial charge in [0.2, 0.25) is 0 Å². The van der Waals surface area contributed by atoms with E-state index in [0.717, 1.165) is 17.0 Å². The number of hydrogen-bond donors (Lipinski definition) is 2. The molecule has 2 aromatic carbocycles. The molecule has 0 fully saturated rings. The highest BCUT2D eigenvalue weighted by Crippen LogP contribution is 2.17. The summed E-state index contributed by atoms with van der Waals surface area (Å²) in [6, 6.07) is 19.8.